The Morgan fingerprint density at radius 1 is 1.27 bits per heavy atom. The Morgan fingerprint density at radius 2 is 2.12 bits per heavy atom. The van der Waals surface area contributed by atoms with Crippen molar-refractivity contribution in [2.24, 2.45) is 0 Å². The molecule has 0 aliphatic heterocycles. The van der Waals surface area contributed by atoms with E-state index in [0.717, 1.165) is 41.8 Å². The van der Waals surface area contributed by atoms with Crippen molar-refractivity contribution in [1.29, 1.82) is 0 Å². The van der Waals surface area contributed by atoms with Gasteiger partial charge in [0.05, 0.1) is 11.5 Å². The number of hydrogen-bond donors (Lipinski definition) is 0. The molecule has 138 valence electrons. The Hall–Kier alpha value is -2.09. The first-order valence-corrected chi connectivity index (χ1v) is 10.1. The summed E-state index contributed by atoms with van der Waals surface area (Å²) in [4.78, 5) is 4.45. The van der Waals surface area contributed by atoms with E-state index in [1.54, 1.807) is 18.0 Å². The van der Waals surface area contributed by atoms with Crippen LogP contribution >= 0.6 is 11.8 Å². The van der Waals surface area contributed by atoms with Crippen LogP contribution in [-0.2, 0) is 6.42 Å². The minimum Gasteiger partial charge on any atom is -0.461 e. The highest BCUT2D eigenvalue weighted by atomic mass is 32.2. The quantitative estimate of drug-likeness (QED) is 0.572. The van der Waals surface area contributed by atoms with E-state index < -0.39 is 0 Å². The Morgan fingerprint density at radius 3 is 2.81 bits per heavy atom. The molecule has 7 nitrogen and oxygen atoms in total. The summed E-state index contributed by atoms with van der Waals surface area (Å²) in [6, 6.07) is 4.23. The summed E-state index contributed by atoms with van der Waals surface area (Å²) in [7, 11) is 0. The fraction of sp³-hybridized carbons (Fsp3) is 0.556. The molecular weight excluding hydrogens is 350 g/mol. The van der Waals surface area contributed by atoms with Gasteiger partial charge in [0.2, 0.25) is 11.7 Å². The van der Waals surface area contributed by atoms with E-state index in [1.165, 1.54) is 19.3 Å². The molecule has 1 aliphatic rings. The molecule has 1 atom stereocenters. The molecule has 1 aliphatic carbocycles. The van der Waals surface area contributed by atoms with Gasteiger partial charge < -0.3 is 8.94 Å². The lowest BCUT2D eigenvalue weighted by Crippen LogP contribution is -2.15. The number of aryl methyl sites for hydroxylation is 1. The second-order valence-electron chi connectivity index (χ2n) is 6.61. The third-order valence-electron chi connectivity index (χ3n) is 4.78. The maximum absolute atomic E-state index is 5.60. The minimum atomic E-state index is 0.0128. The SMILES string of the molecule is CCc1noc(C(C)Sc2nnc(-c3ccco3)n2C2CCCCC2)n1. The number of nitrogens with zero attached hydrogens (tertiary/aromatic N) is 5. The van der Waals surface area contributed by atoms with Crippen molar-refractivity contribution >= 4 is 11.8 Å². The highest BCUT2D eigenvalue weighted by Crippen LogP contribution is 2.39. The number of rotatable bonds is 6. The Bertz CT molecular complexity index is 836. The number of thioether (sulfide) groups is 1. The zero-order valence-electron chi connectivity index (χ0n) is 15.1. The van der Waals surface area contributed by atoms with Gasteiger partial charge in [0.1, 0.15) is 0 Å². The van der Waals surface area contributed by atoms with Crippen LogP contribution in [0.2, 0.25) is 0 Å². The van der Waals surface area contributed by atoms with Crippen LogP contribution in [0.4, 0.5) is 0 Å². The first-order chi connectivity index (χ1) is 12.8. The summed E-state index contributed by atoms with van der Waals surface area (Å²) in [5.74, 6) is 2.92. The van der Waals surface area contributed by atoms with Gasteiger partial charge in [-0.25, -0.2) is 0 Å². The molecule has 3 aromatic heterocycles. The van der Waals surface area contributed by atoms with Crippen LogP contribution in [0.15, 0.2) is 32.5 Å². The molecule has 0 amide bonds. The molecule has 0 N–H and O–H groups in total. The standard InChI is InChI=1S/C18H23N5O2S/c1-3-15-19-17(25-22-15)12(2)26-18-21-20-16(14-10-7-11-24-14)23(18)13-8-5-4-6-9-13/h7,10-13H,3-6,8-9H2,1-2H3. The highest BCUT2D eigenvalue weighted by Gasteiger charge is 2.27. The highest BCUT2D eigenvalue weighted by molar-refractivity contribution is 7.99. The first-order valence-electron chi connectivity index (χ1n) is 9.24. The Kier molecular flexibility index (Phi) is 5.10. The van der Waals surface area contributed by atoms with Crippen molar-refractivity contribution in [3.8, 4) is 11.6 Å². The number of hydrogen-bond acceptors (Lipinski definition) is 7. The third kappa shape index (κ3) is 3.42. The minimum absolute atomic E-state index is 0.0128. The summed E-state index contributed by atoms with van der Waals surface area (Å²) >= 11 is 1.61. The van der Waals surface area contributed by atoms with Crippen LogP contribution in [-0.4, -0.2) is 24.9 Å². The number of furan rings is 1. The Balaban J connectivity index is 1.64. The van der Waals surface area contributed by atoms with Gasteiger partial charge in [0.25, 0.3) is 0 Å². The molecular formula is C18H23N5O2S. The van der Waals surface area contributed by atoms with Crippen LogP contribution in [0.1, 0.15) is 69.0 Å². The smallest absolute Gasteiger partial charge is 0.239 e. The summed E-state index contributed by atoms with van der Waals surface area (Å²) in [6.45, 7) is 4.08. The monoisotopic (exact) mass is 373 g/mol. The van der Waals surface area contributed by atoms with Gasteiger partial charge >= 0.3 is 0 Å². The van der Waals surface area contributed by atoms with Gasteiger partial charge in [-0.2, -0.15) is 4.98 Å². The van der Waals surface area contributed by atoms with E-state index >= 15 is 0 Å². The zero-order chi connectivity index (χ0) is 17.9. The Labute approximate surface area is 156 Å². The van der Waals surface area contributed by atoms with Crippen molar-refractivity contribution in [2.45, 2.75) is 68.8 Å². The predicted molar refractivity (Wildman–Crippen MR) is 97.8 cm³/mol. The molecule has 26 heavy (non-hydrogen) atoms. The van der Waals surface area contributed by atoms with Crippen LogP contribution in [0.3, 0.4) is 0 Å². The summed E-state index contributed by atoms with van der Waals surface area (Å²) in [6.07, 6.45) is 8.52. The van der Waals surface area contributed by atoms with Crippen molar-refractivity contribution in [3.63, 3.8) is 0 Å². The van der Waals surface area contributed by atoms with Crippen LogP contribution in [0.25, 0.3) is 11.6 Å². The van der Waals surface area contributed by atoms with Gasteiger partial charge in [-0.15, -0.1) is 10.2 Å². The van der Waals surface area contributed by atoms with Crippen LogP contribution in [0, 0.1) is 0 Å². The summed E-state index contributed by atoms with van der Waals surface area (Å²) in [5.41, 5.74) is 0. The van der Waals surface area contributed by atoms with Crippen molar-refractivity contribution in [3.05, 3.63) is 30.1 Å². The first kappa shape index (κ1) is 17.3. The lowest BCUT2D eigenvalue weighted by molar-refractivity contribution is 0.337. The fourth-order valence-corrected chi connectivity index (χ4v) is 4.33. The normalized spacial score (nSPS) is 16.8. The molecule has 4 rings (SSSR count). The molecule has 1 saturated carbocycles. The fourth-order valence-electron chi connectivity index (χ4n) is 3.38. The largest absolute Gasteiger partial charge is 0.461 e. The second kappa shape index (κ2) is 7.65. The second-order valence-corrected chi connectivity index (χ2v) is 7.92. The third-order valence-corrected chi connectivity index (χ3v) is 5.82. The molecule has 8 heteroatoms. The lowest BCUT2D eigenvalue weighted by atomic mass is 9.95. The molecule has 0 aromatic carbocycles. The average molecular weight is 373 g/mol. The molecule has 1 unspecified atom stereocenters. The van der Waals surface area contributed by atoms with Gasteiger partial charge in [0, 0.05) is 12.5 Å². The van der Waals surface area contributed by atoms with E-state index in [0.29, 0.717) is 11.9 Å². The summed E-state index contributed by atoms with van der Waals surface area (Å²) < 4.78 is 13.2. The predicted octanol–water partition coefficient (Wildman–Crippen LogP) is 4.84. The van der Waals surface area contributed by atoms with Gasteiger partial charge in [-0.1, -0.05) is 43.1 Å². The lowest BCUT2D eigenvalue weighted by Gasteiger charge is -2.25. The molecule has 3 heterocycles. The van der Waals surface area contributed by atoms with Crippen molar-refractivity contribution < 1.29 is 8.94 Å². The van der Waals surface area contributed by atoms with Crippen molar-refractivity contribution in [2.75, 3.05) is 0 Å². The van der Waals surface area contributed by atoms with Crippen LogP contribution < -0.4 is 0 Å². The van der Waals surface area contributed by atoms with E-state index in [4.69, 9.17) is 8.94 Å². The van der Waals surface area contributed by atoms with E-state index in [-0.39, 0.29) is 5.25 Å². The number of aromatic nitrogens is 5. The molecule has 0 saturated heterocycles. The van der Waals surface area contributed by atoms with E-state index in [2.05, 4.69) is 31.8 Å². The van der Waals surface area contributed by atoms with Gasteiger partial charge in [-0.05, 0) is 31.9 Å². The maximum atomic E-state index is 5.60. The molecule has 0 spiro atoms. The van der Waals surface area contributed by atoms with Crippen molar-refractivity contribution in [1.82, 2.24) is 24.9 Å². The van der Waals surface area contributed by atoms with Gasteiger partial charge in [0.15, 0.2) is 16.7 Å². The maximum Gasteiger partial charge on any atom is 0.239 e. The molecule has 0 radical (unpaired) electrons. The topological polar surface area (TPSA) is 82.8 Å². The summed E-state index contributed by atoms with van der Waals surface area (Å²) in [5, 5.41) is 13.8. The van der Waals surface area contributed by atoms with E-state index in [1.807, 2.05) is 19.1 Å². The molecule has 1 fully saturated rings. The van der Waals surface area contributed by atoms with Crippen LogP contribution in [0.5, 0.6) is 0 Å². The molecule has 0 bridgehead atoms. The molecule has 3 aromatic rings. The zero-order valence-corrected chi connectivity index (χ0v) is 15.9. The van der Waals surface area contributed by atoms with E-state index in [9.17, 15) is 0 Å². The average Bonchev–Trinajstić information content (AvgIpc) is 3.42. The van der Waals surface area contributed by atoms with Gasteiger partial charge in [-0.3, -0.25) is 4.57 Å².